The van der Waals surface area contributed by atoms with E-state index in [1.54, 1.807) is 6.92 Å². The zero-order valence-corrected chi connectivity index (χ0v) is 5.26. The molecule has 0 aromatic carbocycles. The predicted octanol–water partition coefficient (Wildman–Crippen LogP) is 1.12. The first-order valence-corrected chi connectivity index (χ1v) is 2.54. The van der Waals surface area contributed by atoms with Gasteiger partial charge in [-0.1, -0.05) is 0 Å². The molecule has 0 radical (unpaired) electrons. The lowest BCUT2D eigenvalue weighted by molar-refractivity contribution is 0.932. The highest BCUT2D eigenvalue weighted by molar-refractivity contribution is 5.11. The topological polar surface area (TPSA) is 87.4 Å². The molecule has 50 valence electrons. The van der Waals surface area contributed by atoms with Gasteiger partial charge in [-0.25, -0.2) is 4.98 Å². The van der Waals surface area contributed by atoms with Crippen LogP contribution in [-0.2, 0) is 0 Å². The van der Waals surface area contributed by atoms with Gasteiger partial charge >= 0.3 is 0 Å². The Bertz CT molecular complexity index is 275. The molecule has 1 rings (SSSR count). The minimum Gasteiger partial charge on any atom is -0.229 e. The van der Waals surface area contributed by atoms with Gasteiger partial charge in [0, 0.05) is 4.91 Å². The molecule has 1 heterocycles. The summed E-state index contributed by atoms with van der Waals surface area (Å²) in [5.41, 5.74) is 8.64. The monoisotopic (exact) mass is 136 g/mol. The van der Waals surface area contributed by atoms with Gasteiger partial charge in [0.15, 0.2) is 0 Å². The second-order valence-electron chi connectivity index (χ2n) is 1.59. The second-order valence-corrected chi connectivity index (χ2v) is 1.59. The zero-order chi connectivity index (χ0) is 7.40. The number of rotatable bonds is 1. The third-order valence-electron chi connectivity index (χ3n) is 0.802. The van der Waals surface area contributed by atoms with E-state index in [-0.39, 0.29) is 5.95 Å². The first kappa shape index (κ1) is 6.44. The van der Waals surface area contributed by atoms with Crippen molar-refractivity contribution in [2.75, 3.05) is 0 Å². The largest absolute Gasteiger partial charge is 0.238 e. The van der Waals surface area contributed by atoms with Gasteiger partial charge in [-0.2, -0.15) is 5.10 Å². The van der Waals surface area contributed by atoms with Gasteiger partial charge in [0.1, 0.15) is 0 Å². The fraction of sp³-hybridized carbons (Fsp3) is 0.250. The molecular weight excluding hydrogens is 132 g/mol. The summed E-state index contributed by atoms with van der Waals surface area (Å²) in [6, 6.07) is 0. The van der Waals surface area contributed by atoms with Crippen LogP contribution in [0.3, 0.4) is 0 Å². The summed E-state index contributed by atoms with van der Waals surface area (Å²) in [5.74, 6) is 0.0579. The first-order chi connectivity index (χ1) is 4.83. The van der Waals surface area contributed by atoms with E-state index in [0.29, 0.717) is 5.69 Å². The van der Waals surface area contributed by atoms with Gasteiger partial charge in [-0.3, -0.25) is 0 Å². The zero-order valence-electron chi connectivity index (χ0n) is 5.26. The molecule has 0 amide bonds. The Labute approximate surface area is 56.6 Å². The lowest BCUT2D eigenvalue weighted by Crippen LogP contribution is -1.86. The number of aryl methyl sites for hydroxylation is 1. The van der Waals surface area contributed by atoms with Crippen LogP contribution in [0.5, 0.6) is 0 Å². The molecule has 0 unspecified atom stereocenters. The molecule has 0 saturated carbocycles. The molecule has 0 fully saturated rings. The van der Waals surface area contributed by atoms with Gasteiger partial charge in [-0.15, -0.1) is 5.10 Å². The maximum atomic E-state index is 7.96. The van der Waals surface area contributed by atoms with E-state index < -0.39 is 0 Å². The van der Waals surface area contributed by atoms with Crippen LogP contribution in [0.15, 0.2) is 11.3 Å². The third-order valence-corrected chi connectivity index (χ3v) is 0.802. The van der Waals surface area contributed by atoms with Crippen LogP contribution in [0, 0.1) is 6.92 Å². The summed E-state index contributed by atoms with van der Waals surface area (Å²) < 4.78 is 0. The number of azide groups is 1. The van der Waals surface area contributed by atoms with E-state index in [9.17, 15) is 0 Å². The van der Waals surface area contributed by atoms with Crippen LogP contribution in [0.2, 0.25) is 0 Å². The van der Waals surface area contributed by atoms with Crippen molar-refractivity contribution in [1.82, 2.24) is 15.2 Å². The molecule has 0 aliphatic heterocycles. The Balaban J connectivity index is 3.06. The quantitative estimate of drug-likeness (QED) is 0.329. The van der Waals surface area contributed by atoms with Crippen molar-refractivity contribution in [2.45, 2.75) is 6.92 Å². The van der Waals surface area contributed by atoms with Crippen molar-refractivity contribution < 1.29 is 0 Å². The van der Waals surface area contributed by atoms with E-state index in [0.717, 1.165) is 0 Å². The summed E-state index contributed by atoms with van der Waals surface area (Å²) in [4.78, 5) is 6.28. The van der Waals surface area contributed by atoms with Crippen LogP contribution in [0.25, 0.3) is 10.4 Å². The maximum Gasteiger partial charge on any atom is 0.238 e. The summed E-state index contributed by atoms with van der Waals surface area (Å²) in [6.07, 6.45) is 1.48. The summed E-state index contributed by atoms with van der Waals surface area (Å²) in [7, 11) is 0. The van der Waals surface area contributed by atoms with Gasteiger partial charge in [0.2, 0.25) is 5.95 Å². The fourth-order valence-corrected chi connectivity index (χ4v) is 0.455. The van der Waals surface area contributed by atoms with Crippen molar-refractivity contribution >= 4 is 5.95 Å². The first-order valence-electron chi connectivity index (χ1n) is 2.54. The van der Waals surface area contributed by atoms with Crippen LogP contribution in [0.4, 0.5) is 5.95 Å². The van der Waals surface area contributed by atoms with E-state index in [1.165, 1.54) is 6.20 Å². The molecule has 0 bridgehead atoms. The number of nitrogens with zero attached hydrogens (tertiary/aromatic N) is 6. The molecule has 0 aliphatic carbocycles. The Morgan fingerprint density at radius 3 is 3.10 bits per heavy atom. The molecule has 0 saturated heterocycles. The average Bonchev–Trinajstić information content (AvgIpc) is 1.88. The average molecular weight is 136 g/mol. The van der Waals surface area contributed by atoms with Crippen molar-refractivity contribution in [3.63, 3.8) is 0 Å². The molecule has 6 nitrogen and oxygen atoms in total. The molecule has 1 aromatic rings. The van der Waals surface area contributed by atoms with Crippen LogP contribution in [0.1, 0.15) is 5.69 Å². The Morgan fingerprint density at radius 1 is 1.70 bits per heavy atom. The predicted molar refractivity (Wildman–Crippen MR) is 33.4 cm³/mol. The molecule has 10 heavy (non-hydrogen) atoms. The van der Waals surface area contributed by atoms with Crippen LogP contribution >= 0.6 is 0 Å². The van der Waals surface area contributed by atoms with E-state index in [4.69, 9.17) is 5.53 Å². The van der Waals surface area contributed by atoms with Gasteiger partial charge in [-0.05, 0) is 17.6 Å². The summed E-state index contributed by atoms with van der Waals surface area (Å²) in [5, 5.41) is 10.1. The smallest absolute Gasteiger partial charge is 0.229 e. The molecule has 0 aliphatic rings. The van der Waals surface area contributed by atoms with Crippen LogP contribution in [-0.4, -0.2) is 15.2 Å². The van der Waals surface area contributed by atoms with Crippen molar-refractivity contribution in [1.29, 1.82) is 0 Å². The SMILES string of the molecule is Cc1cnnc(N=[N+]=[N-])n1. The van der Waals surface area contributed by atoms with Gasteiger partial charge in [0.05, 0.1) is 11.9 Å². The Morgan fingerprint density at radius 2 is 2.50 bits per heavy atom. The van der Waals surface area contributed by atoms with Crippen molar-refractivity contribution in [3.05, 3.63) is 22.3 Å². The normalized spacial score (nSPS) is 8.50. The highest BCUT2D eigenvalue weighted by atomic mass is 15.3. The van der Waals surface area contributed by atoms with E-state index in [2.05, 4.69) is 25.2 Å². The van der Waals surface area contributed by atoms with E-state index >= 15 is 0 Å². The number of hydrogen-bond donors (Lipinski definition) is 0. The van der Waals surface area contributed by atoms with E-state index in [1.807, 2.05) is 0 Å². The standard InChI is InChI=1S/C4H4N6/c1-3-2-6-8-4(7-3)9-10-5/h2H,1H3. The molecule has 1 aromatic heterocycles. The highest BCUT2D eigenvalue weighted by Gasteiger charge is 1.90. The molecule has 6 heteroatoms. The lowest BCUT2D eigenvalue weighted by Gasteiger charge is -1.88. The Kier molecular flexibility index (Phi) is 1.77. The van der Waals surface area contributed by atoms with Gasteiger partial charge in [0.25, 0.3) is 0 Å². The highest BCUT2D eigenvalue weighted by Crippen LogP contribution is 1.99. The lowest BCUT2D eigenvalue weighted by atomic mass is 10.5. The Hall–Kier alpha value is -1.68. The van der Waals surface area contributed by atoms with Gasteiger partial charge < -0.3 is 0 Å². The molecule has 0 N–H and O–H groups in total. The molecule has 0 atom stereocenters. The van der Waals surface area contributed by atoms with Crippen LogP contribution < -0.4 is 0 Å². The number of aromatic nitrogens is 3. The summed E-state index contributed by atoms with van der Waals surface area (Å²) in [6.45, 7) is 1.74. The van der Waals surface area contributed by atoms with Crippen molar-refractivity contribution in [2.24, 2.45) is 5.11 Å². The minimum absolute atomic E-state index is 0.0579. The van der Waals surface area contributed by atoms with Crippen molar-refractivity contribution in [3.8, 4) is 0 Å². The number of hydrogen-bond acceptors (Lipinski definition) is 4. The third kappa shape index (κ3) is 1.40. The second kappa shape index (κ2) is 2.75. The maximum absolute atomic E-state index is 7.96. The molecule has 0 spiro atoms. The minimum atomic E-state index is 0.0579. The fourth-order valence-electron chi connectivity index (χ4n) is 0.455. The molecular formula is C4H4N6. The summed E-state index contributed by atoms with van der Waals surface area (Å²) >= 11 is 0.